The maximum Gasteiger partial charge on any atom is 0.225 e. The van der Waals surface area contributed by atoms with E-state index < -0.39 is 0 Å². The highest BCUT2D eigenvalue weighted by molar-refractivity contribution is 5.79. The smallest absolute Gasteiger partial charge is 0.225 e. The van der Waals surface area contributed by atoms with Crippen LogP contribution in [-0.2, 0) is 16.1 Å². The van der Waals surface area contributed by atoms with Crippen molar-refractivity contribution >= 4 is 11.7 Å². The quantitative estimate of drug-likeness (QED) is 0.798. The zero-order valence-electron chi connectivity index (χ0n) is 16.5. The van der Waals surface area contributed by atoms with E-state index in [0.29, 0.717) is 19.1 Å². The van der Waals surface area contributed by atoms with Crippen molar-refractivity contribution in [3.05, 3.63) is 54.0 Å². The minimum absolute atomic E-state index is 0.126. The third-order valence-electron chi connectivity index (χ3n) is 5.76. The van der Waals surface area contributed by atoms with Gasteiger partial charge in [0.15, 0.2) is 0 Å². The van der Waals surface area contributed by atoms with Gasteiger partial charge in [-0.1, -0.05) is 6.07 Å². The summed E-state index contributed by atoms with van der Waals surface area (Å²) in [7, 11) is 0. The normalized spacial score (nSPS) is 20.5. The molecule has 28 heavy (non-hydrogen) atoms. The van der Waals surface area contributed by atoms with Gasteiger partial charge in [-0.3, -0.25) is 9.78 Å². The second-order valence-corrected chi connectivity index (χ2v) is 7.82. The van der Waals surface area contributed by atoms with Gasteiger partial charge in [-0.05, 0) is 55.5 Å². The number of aromatic nitrogens is 2. The van der Waals surface area contributed by atoms with Crippen molar-refractivity contribution in [1.82, 2.24) is 14.9 Å². The molecule has 6 heteroatoms. The van der Waals surface area contributed by atoms with E-state index in [9.17, 15) is 4.79 Å². The molecule has 0 saturated carbocycles. The van der Waals surface area contributed by atoms with E-state index in [4.69, 9.17) is 4.74 Å². The first-order valence-corrected chi connectivity index (χ1v) is 10.2. The van der Waals surface area contributed by atoms with Crippen LogP contribution in [0.25, 0.3) is 0 Å². The van der Waals surface area contributed by atoms with Crippen LogP contribution in [0.3, 0.4) is 0 Å². The number of likely N-dealkylation sites (tertiary alicyclic amines) is 1. The zero-order valence-corrected chi connectivity index (χ0v) is 16.5. The number of aryl methyl sites for hydroxylation is 1. The summed E-state index contributed by atoms with van der Waals surface area (Å²) >= 11 is 0. The van der Waals surface area contributed by atoms with Crippen LogP contribution in [0, 0.1) is 12.8 Å². The first kappa shape index (κ1) is 18.9. The van der Waals surface area contributed by atoms with E-state index in [0.717, 1.165) is 50.3 Å². The van der Waals surface area contributed by atoms with Crippen LogP contribution in [0.5, 0.6) is 0 Å². The third kappa shape index (κ3) is 4.50. The Morgan fingerprint density at radius 1 is 1.11 bits per heavy atom. The number of hydrogen-bond donors (Lipinski definition) is 0. The Hall–Kier alpha value is -2.47. The largest absolute Gasteiger partial charge is 0.372 e. The predicted molar refractivity (Wildman–Crippen MR) is 108 cm³/mol. The van der Waals surface area contributed by atoms with Gasteiger partial charge in [-0.15, -0.1) is 0 Å². The van der Waals surface area contributed by atoms with Crippen molar-refractivity contribution in [3.8, 4) is 0 Å². The highest BCUT2D eigenvalue weighted by atomic mass is 16.5. The highest BCUT2D eigenvalue weighted by Crippen LogP contribution is 2.25. The molecule has 0 bridgehead atoms. The summed E-state index contributed by atoms with van der Waals surface area (Å²) in [5.74, 6) is 1.44. The minimum Gasteiger partial charge on any atom is -0.372 e. The molecule has 2 aromatic heterocycles. The van der Waals surface area contributed by atoms with Crippen LogP contribution in [-0.4, -0.2) is 53.1 Å². The monoisotopic (exact) mass is 380 g/mol. The Labute approximate surface area is 166 Å². The number of carbonyl (C=O) groups excluding carboxylic acids is 1. The van der Waals surface area contributed by atoms with Crippen molar-refractivity contribution in [3.63, 3.8) is 0 Å². The fourth-order valence-electron chi connectivity index (χ4n) is 4.02. The molecule has 0 aliphatic carbocycles. The molecule has 2 aromatic rings. The van der Waals surface area contributed by atoms with E-state index in [-0.39, 0.29) is 12.0 Å². The molecule has 2 saturated heterocycles. The maximum atomic E-state index is 12.9. The molecular weight excluding hydrogens is 352 g/mol. The van der Waals surface area contributed by atoms with Crippen molar-refractivity contribution in [2.75, 3.05) is 31.1 Å². The minimum atomic E-state index is 0.126. The molecule has 2 fully saturated rings. The Balaban J connectivity index is 1.23. The van der Waals surface area contributed by atoms with E-state index in [1.165, 1.54) is 5.56 Å². The van der Waals surface area contributed by atoms with E-state index in [2.05, 4.69) is 27.0 Å². The highest BCUT2D eigenvalue weighted by Gasteiger charge is 2.33. The van der Waals surface area contributed by atoms with Crippen LogP contribution in [0.1, 0.15) is 30.4 Å². The lowest BCUT2D eigenvalue weighted by Gasteiger charge is -2.33. The molecular formula is C22H28N4O2. The number of amides is 1. The molecule has 148 valence electrons. The van der Waals surface area contributed by atoms with Gasteiger partial charge in [0.1, 0.15) is 5.82 Å². The Morgan fingerprint density at radius 2 is 1.89 bits per heavy atom. The Kier molecular flexibility index (Phi) is 5.86. The summed E-state index contributed by atoms with van der Waals surface area (Å²) in [5.41, 5.74) is 2.29. The summed E-state index contributed by atoms with van der Waals surface area (Å²) in [6.07, 6.45) is 8.31. The number of hydrogen-bond acceptors (Lipinski definition) is 5. The maximum absolute atomic E-state index is 12.9. The summed E-state index contributed by atoms with van der Waals surface area (Å²) in [4.78, 5) is 25.8. The fraction of sp³-hybridized carbons (Fsp3) is 0.500. The topological polar surface area (TPSA) is 58.6 Å². The van der Waals surface area contributed by atoms with Crippen molar-refractivity contribution in [2.24, 2.45) is 5.92 Å². The zero-order chi connectivity index (χ0) is 19.3. The molecule has 0 aromatic carbocycles. The molecule has 2 aliphatic heterocycles. The van der Waals surface area contributed by atoms with Gasteiger partial charge in [0, 0.05) is 50.7 Å². The molecule has 1 amide bonds. The molecule has 1 atom stereocenters. The summed E-state index contributed by atoms with van der Waals surface area (Å²) in [5, 5.41) is 0. The molecule has 4 rings (SSSR count). The van der Waals surface area contributed by atoms with Gasteiger partial charge in [0.05, 0.1) is 12.7 Å². The number of pyridine rings is 2. The van der Waals surface area contributed by atoms with Gasteiger partial charge in [-0.2, -0.15) is 0 Å². The van der Waals surface area contributed by atoms with E-state index >= 15 is 0 Å². The van der Waals surface area contributed by atoms with Crippen molar-refractivity contribution in [1.29, 1.82) is 0 Å². The average molecular weight is 380 g/mol. The lowest BCUT2D eigenvalue weighted by Crippen LogP contribution is -2.42. The lowest BCUT2D eigenvalue weighted by atomic mass is 9.95. The lowest BCUT2D eigenvalue weighted by molar-refractivity contribution is -0.135. The molecule has 6 nitrogen and oxygen atoms in total. The van der Waals surface area contributed by atoms with Crippen molar-refractivity contribution in [2.45, 2.75) is 38.9 Å². The summed E-state index contributed by atoms with van der Waals surface area (Å²) in [6.45, 7) is 5.93. The van der Waals surface area contributed by atoms with Crippen LogP contribution >= 0.6 is 0 Å². The number of nitrogens with zero attached hydrogens (tertiary/aromatic N) is 4. The van der Waals surface area contributed by atoms with Crippen molar-refractivity contribution < 1.29 is 9.53 Å². The first-order chi connectivity index (χ1) is 13.7. The number of ether oxygens (including phenoxy) is 1. The molecule has 4 heterocycles. The van der Waals surface area contributed by atoms with E-state index in [1.807, 2.05) is 30.2 Å². The van der Waals surface area contributed by atoms with Gasteiger partial charge in [0.25, 0.3) is 0 Å². The fourth-order valence-corrected chi connectivity index (χ4v) is 4.02. The van der Waals surface area contributed by atoms with Gasteiger partial charge in [-0.25, -0.2) is 4.98 Å². The second-order valence-electron chi connectivity index (χ2n) is 7.82. The molecule has 1 unspecified atom stereocenters. The van der Waals surface area contributed by atoms with Gasteiger partial charge < -0.3 is 14.5 Å². The Bertz CT molecular complexity index is 773. The summed E-state index contributed by atoms with van der Waals surface area (Å²) < 4.78 is 6.00. The van der Waals surface area contributed by atoms with Crippen LogP contribution < -0.4 is 4.90 Å². The van der Waals surface area contributed by atoms with Crippen LogP contribution in [0.4, 0.5) is 5.82 Å². The predicted octanol–water partition coefficient (Wildman–Crippen LogP) is 2.82. The number of carbonyl (C=O) groups is 1. The second kappa shape index (κ2) is 8.69. The summed E-state index contributed by atoms with van der Waals surface area (Å²) in [6, 6.07) is 8.10. The Morgan fingerprint density at radius 3 is 2.61 bits per heavy atom. The van der Waals surface area contributed by atoms with Crippen LogP contribution in [0.15, 0.2) is 42.9 Å². The SMILES string of the molecule is Cc1ccc(N2CCC(C(=O)N3CCC(OCc4ccncc4)C3)CC2)nc1. The molecule has 0 radical (unpaired) electrons. The first-order valence-electron chi connectivity index (χ1n) is 10.2. The number of piperidine rings is 1. The number of anilines is 1. The molecule has 2 aliphatic rings. The van der Waals surface area contributed by atoms with Gasteiger partial charge >= 0.3 is 0 Å². The van der Waals surface area contributed by atoms with E-state index in [1.54, 1.807) is 12.4 Å². The molecule has 0 spiro atoms. The standard InChI is InChI=1S/C22H28N4O2/c1-17-2-3-21(24-14-17)25-11-6-19(7-12-25)22(27)26-13-8-20(15-26)28-16-18-4-9-23-10-5-18/h2-5,9-10,14,19-20H,6-8,11-13,15-16H2,1H3. The average Bonchev–Trinajstić information content (AvgIpc) is 3.22. The number of rotatable bonds is 5. The van der Waals surface area contributed by atoms with Gasteiger partial charge in [0.2, 0.25) is 5.91 Å². The third-order valence-corrected chi connectivity index (χ3v) is 5.76. The van der Waals surface area contributed by atoms with Crippen LogP contribution in [0.2, 0.25) is 0 Å². The molecule has 0 N–H and O–H groups in total.